The smallest absolute Gasteiger partial charge is 0.0545 e. The highest BCUT2D eigenvalue weighted by Gasteiger charge is 2.30. The summed E-state index contributed by atoms with van der Waals surface area (Å²) in [6, 6.07) is 0.504. The molecule has 151 valence electrons. The van der Waals surface area contributed by atoms with Crippen LogP contribution in [0.25, 0.3) is 0 Å². The van der Waals surface area contributed by atoms with Crippen LogP contribution < -0.4 is 5.32 Å². The van der Waals surface area contributed by atoms with Crippen molar-refractivity contribution in [2.75, 3.05) is 0 Å². The molecule has 4 rings (SSSR count). The van der Waals surface area contributed by atoms with Gasteiger partial charge in [-0.2, -0.15) is 0 Å². The van der Waals surface area contributed by atoms with Crippen LogP contribution >= 0.6 is 0 Å². The Kier molecular flexibility index (Phi) is 7.38. The van der Waals surface area contributed by atoms with Gasteiger partial charge in [-0.1, -0.05) is 77.0 Å². The van der Waals surface area contributed by atoms with Crippen molar-refractivity contribution in [2.45, 2.75) is 122 Å². The maximum absolute atomic E-state index is 4.06. The standard InChI is InChI=1S/C26H42N/c1-2-8-14-21(13-7-1)24-19-25(22-15-9-3-4-10-16-22)27-26(20-24)23-17-11-5-6-12-18-23/h19,21-23,26-27H,1-18H2. The molecule has 4 aliphatic rings. The Bertz CT molecular complexity index is 492. The normalized spacial score (nSPS) is 30.4. The van der Waals surface area contributed by atoms with Gasteiger partial charge >= 0.3 is 0 Å². The van der Waals surface area contributed by atoms with Crippen LogP contribution in [-0.4, -0.2) is 6.04 Å². The van der Waals surface area contributed by atoms with E-state index in [1.165, 1.54) is 116 Å². The molecule has 1 nitrogen and oxygen atoms in total. The van der Waals surface area contributed by atoms with E-state index in [0.29, 0.717) is 6.04 Å². The molecule has 3 aliphatic carbocycles. The monoisotopic (exact) mass is 368 g/mol. The van der Waals surface area contributed by atoms with Crippen LogP contribution in [-0.2, 0) is 0 Å². The first-order valence-corrected chi connectivity index (χ1v) is 12.5. The van der Waals surface area contributed by atoms with E-state index in [-0.39, 0.29) is 0 Å². The van der Waals surface area contributed by atoms with E-state index >= 15 is 0 Å². The minimum atomic E-state index is 0.504. The third kappa shape index (κ3) is 5.42. The van der Waals surface area contributed by atoms with Gasteiger partial charge in [-0.3, -0.25) is 0 Å². The Morgan fingerprint density at radius 1 is 0.593 bits per heavy atom. The Morgan fingerprint density at radius 3 is 1.63 bits per heavy atom. The van der Waals surface area contributed by atoms with Gasteiger partial charge in [0.2, 0.25) is 0 Å². The van der Waals surface area contributed by atoms with Crippen LogP contribution in [0.4, 0.5) is 0 Å². The molecular formula is C26H42N. The first kappa shape index (κ1) is 19.6. The molecule has 1 heterocycles. The molecule has 0 aromatic heterocycles. The van der Waals surface area contributed by atoms with Crippen molar-refractivity contribution < 1.29 is 0 Å². The van der Waals surface area contributed by atoms with Gasteiger partial charge in [0.25, 0.3) is 0 Å². The zero-order chi connectivity index (χ0) is 18.3. The summed E-state index contributed by atoms with van der Waals surface area (Å²) in [6.45, 7) is 0. The first-order chi connectivity index (χ1) is 13.4. The Hall–Kier alpha value is -0.720. The van der Waals surface area contributed by atoms with Gasteiger partial charge in [0.05, 0.1) is 6.04 Å². The highest BCUT2D eigenvalue weighted by Crippen LogP contribution is 2.37. The van der Waals surface area contributed by atoms with Crippen molar-refractivity contribution in [3.8, 4) is 0 Å². The molecule has 3 fully saturated rings. The zero-order valence-electron chi connectivity index (χ0n) is 17.6. The predicted octanol–water partition coefficient (Wildman–Crippen LogP) is 7.48. The summed E-state index contributed by atoms with van der Waals surface area (Å²) in [5.74, 6) is 2.41. The lowest BCUT2D eigenvalue weighted by Gasteiger charge is -2.35. The SMILES string of the molecule is [C]1=C(C2CCCCCC2)C=C(C2CCCCCC2)NC1C1CCCCCC1. The van der Waals surface area contributed by atoms with E-state index < -0.39 is 0 Å². The summed E-state index contributed by atoms with van der Waals surface area (Å²) in [5.41, 5.74) is 3.23. The van der Waals surface area contributed by atoms with Crippen LogP contribution in [0.3, 0.4) is 0 Å². The van der Waals surface area contributed by atoms with Gasteiger partial charge in [0.15, 0.2) is 0 Å². The van der Waals surface area contributed by atoms with Crippen LogP contribution in [0.2, 0.25) is 0 Å². The van der Waals surface area contributed by atoms with E-state index in [2.05, 4.69) is 17.5 Å². The molecule has 3 saturated carbocycles. The molecule has 0 bridgehead atoms. The average molecular weight is 369 g/mol. The molecule has 1 unspecified atom stereocenters. The third-order valence-corrected chi connectivity index (χ3v) is 7.92. The summed E-state index contributed by atoms with van der Waals surface area (Å²) in [4.78, 5) is 0. The molecule has 0 spiro atoms. The van der Waals surface area contributed by atoms with E-state index in [0.717, 1.165) is 17.8 Å². The molecule has 1 radical (unpaired) electrons. The number of hydrogen-bond donors (Lipinski definition) is 1. The number of rotatable bonds is 3. The summed E-state index contributed by atoms with van der Waals surface area (Å²) < 4.78 is 0. The minimum absolute atomic E-state index is 0.504. The van der Waals surface area contributed by atoms with Gasteiger partial charge in [-0.25, -0.2) is 0 Å². The van der Waals surface area contributed by atoms with Crippen molar-refractivity contribution in [1.29, 1.82) is 0 Å². The predicted molar refractivity (Wildman–Crippen MR) is 115 cm³/mol. The molecule has 0 aromatic carbocycles. The van der Waals surface area contributed by atoms with Crippen molar-refractivity contribution in [3.63, 3.8) is 0 Å². The fraction of sp³-hybridized carbons (Fsp3) is 0.846. The van der Waals surface area contributed by atoms with E-state index in [9.17, 15) is 0 Å². The second kappa shape index (κ2) is 10.2. The Morgan fingerprint density at radius 2 is 1.07 bits per heavy atom. The van der Waals surface area contributed by atoms with Crippen molar-refractivity contribution in [3.05, 3.63) is 23.4 Å². The molecular weight excluding hydrogens is 326 g/mol. The lowest BCUT2D eigenvalue weighted by molar-refractivity contribution is 0.347. The van der Waals surface area contributed by atoms with Crippen molar-refractivity contribution >= 4 is 0 Å². The quantitative estimate of drug-likeness (QED) is 0.509. The van der Waals surface area contributed by atoms with Gasteiger partial charge in [0, 0.05) is 5.70 Å². The number of hydrogen-bond acceptors (Lipinski definition) is 1. The fourth-order valence-electron chi connectivity index (χ4n) is 6.18. The van der Waals surface area contributed by atoms with Crippen LogP contribution in [0.15, 0.2) is 17.3 Å². The summed E-state index contributed by atoms with van der Waals surface area (Å²) >= 11 is 0. The Balaban J connectivity index is 1.55. The molecule has 0 aromatic rings. The van der Waals surface area contributed by atoms with Crippen LogP contribution in [0.1, 0.15) is 116 Å². The zero-order valence-corrected chi connectivity index (χ0v) is 17.6. The van der Waals surface area contributed by atoms with E-state index in [1.807, 2.05) is 0 Å². The average Bonchev–Trinajstić information content (AvgIpc) is 3.23. The van der Waals surface area contributed by atoms with Gasteiger partial charge in [0.1, 0.15) is 0 Å². The molecule has 1 heteroatoms. The van der Waals surface area contributed by atoms with Crippen LogP contribution in [0.5, 0.6) is 0 Å². The minimum Gasteiger partial charge on any atom is -0.381 e. The first-order valence-electron chi connectivity index (χ1n) is 12.5. The van der Waals surface area contributed by atoms with Crippen molar-refractivity contribution in [2.24, 2.45) is 17.8 Å². The second-order valence-electron chi connectivity index (χ2n) is 9.95. The molecule has 1 atom stereocenters. The van der Waals surface area contributed by atoms with Crippen LogP contribution in [0, 0.1) is 23.8 Å². The summed E-state index contributed by atoms with van der Waals surface area (Å²) in [6.07, 6.45) is 32.5. The van der Waals surface area contributed by atoms with Gasteiger partial charge in [-0.05, 0) is 74.0 Å². The van der Waals surface area contributed by atoms with E-state index in [4.69, 9.17) is 0 Å². The lowest BCUT2D eigenvalue weighted by atomic mass is 9.81. The maximum atomic E-state index is 4.06. The largest absolute Gasteiger partial charge is 0.381 e. The topological polar surface area (TPSA) is 12.0 Å². The summed E-state index contributed by atoms with van der Waals surface area (Å²) in [7, 11) is 0. The number of dihydropyridines is 1. The molecule has 0 saturated heterocycles. The second-order valence-corrected chi connectivity index (χ2v) is 9.95. The summed E-state index contributed by atoms with van der Waals surface area (Å²) in [5, 5.41) is 4.06. The fourth-order valence-corrected chi connectivity index (χ4v) is 6.18. The molecule has 1 N–H and O–H groups in total. The third-order valence-electron chi connectivity index (χ3n) is 7.92. The van der Waals surface area contributed by atoms with Gasteiger partial charge < -0.3 is 5.32 Å². The van der Waals surface area contributed by atoms with Gasteiger partial charge in [-0.15, -0.1) is 0 Å². The number of nitrogens with one attached hydrogen (secondary N) is 1. The number of allylic oxidation sites excluding steroid dienone is 3. The molecule has 27 heavy (non-hydrogen) atoms. The van der Waals surface area contributed by atoms with Crippen molar-refractivity contribution in [1.82, 2.24) is 5.32 Å². The highest BCUT2D eigenvalue weighted by atomic mass is 14.9. The molecule has 0 amide bonds. The highest BCUT2D eigenvalue weighted by molar-refractivity contribution is 5.31. The lowest BCUT2D eigenvalue weighted by Crippen LogP contribution is -2.39. The van der Waals surface area contributed by atoms with E-state index in [1.54, 1.807) is 11.3 Å². The maximum Gasteiger partial charge on any atom is 0.0545 e. The molecule has 1 aliphatic heterocycles. The Labute approximate surface area is 168 Å².